The van der Waals surface area contributed by atoms with Gasteiger partial charge in [-0.05, 0) is 63.7 Å². The van der Waals surface area contributed by atoms with Gasteiger partial charge in [0.05, 0.1) is 17.7 Å². The maximum Gasteiger partial charge on any atom is 0.256 e. The molecule has 0 aliphatic carbocycles. The average molecular weight is 357 g/mol. The third-order valence-corrected chi connectivity index (χ3v) is 6.14. The fraction of sp³-hybridized carbons (Fsp3) is 0.667. The number of carbonyl (C=O) groups is 1. The summed E-state index contributed by atoms with van der Waals surface area (Å²) in [5, 5.41) is 11.1. The van der Waals surface area contributed by atoms with Gasteiger partial charge in [-0.2, -0.15) is 0 Å². The first-order valence-electron chi connectivity index (χ1n) is 10.2. The monoisotopic (exact) mass is 357 g/mol. The quantitative estimate of drug-likeness (QED) is 0.899. The van der Waals surface area contributed by atoms with Gasteiger partial charge in [0.15, 0.2) is 0 Å². The summed E-state index contributed by atoms with van der Waals surface area (Å²) in [4.78, 5) is 19.8. The van der Waals surface area contributed by atoms with E-state index in [1.54, 1.807) is 0 Å². The molecule has 4 rings (SSSR count). The van der Waals surface area contributed by atoms with Gasteiger partial charge in [-0.15, -0.1) is 0 Å². The summed E-state index contributed by atoms with van der Waals surface area (Å²) >= 11 is 0. The largest absolute Gasteiger partial charge is 0.387 e. The second-order valence-electron chi connectivity index (χ2n) is 8.25. The van der Waals surface area contributed by atoms with Crippen molar-refractivity contribution in [3.8, 4) is 0 Å². The minimum absolute atomic E-state index is 0.0760. The minimum Gasteiger partial charge on any atom is -0.387 e. The van der Waals surface area contributed by atoms with Crippen molar-refractivity contribution in [2.45, 2.75) is 44.1 Å². The molecule has 0 aromatic heterocycles. The van der Waals surface area contributed by atoms with Crippen LogP contribution in [0.3, 0.4) is 0 Å². The van der Waals surface area contributed by atoms with Crippen LogP contribution in [0.15, 0.2) is 24.3 Å². The van der Waals surface area contributed by atoms with Crippen molar-refractivity contribution < 1.29 is 9.90 Å². The molecular weight excluding hydrogens is 326 g/mol. The van der Waals surface area contributed by atoms with Gasteiger partial charge in [-0.3, -0.25) is 4.79 Å². The second kappa shape index (κ2) is 7.57. The topological polar surface area (TPSA) is 47.0 Å². The first-order valence-corrected chi connectivity index (χ1v) is 10.2. The zero-order valence-electron chi connectivity index (χ0n) is 15.7. The molecule has 26 heavy (non-hydrogen) atoms. The van der Waals surface area contributed by atoms with Crippen molar-refractivity contribution >= 4 is 11.6 Å². The molecule has 0 bridgehead atoms. The van der Waals surface area contributed by atoms with E-state index >= 15 is 0 Å². The lowest BCUT2D eigenvalue weighted by Gasteiger charge is -2.41. The molecule has 1 aromatic rings. The van der Waals surface area contributed by atoms with E-state index in [1.807, 2.05) is 23.1 Å². The molecule has 1 aromatic carbocycles. The van der Waals surface area contributed by atoms with Gasteiger partial charge in [0.25, 0.3) is 5.91 Å². The van der Waals surface area contributed by atoms with Gasteiger partial charge >= 0.3 is 0 Å². The fourth-order valence-electron chi connectivity index (χ4n) is 4.83. The number of carbonyl (C=O) groups excluding carboxylic acids is 1. The maximum absolute atomic E-state index is 13.3. The van der Waals surface area contributed by atoms with E-state index in [0.717, 1.165) is 56.8 Å². The summed E-state index contributed by atoms with van der Waals surface area (Å²) in [5.41, 5.74) is 1.09. The number of nitrogens with zero attached hydrogens (tertiary/aromatic N) is 3. The van der Waals surface area contributed by atoms with Gasteiger partial charge in [0.2, 0.25) is 0 Å². The molecule has 3 fully saturated rings. The standard InChI is InChI=1S/C21H31N3O2/c25-20(18-8-1-2-9-19(18)23-13-5-6-14-23)24-15-7-10-21(26,17-24)16-22-11-3-4-12-22/h1-2,8-9,26H,3-7,10-17H2/t21-/m1/s1. The number of rotatable bonds is 4. The Morgan fingerprint density at radius 1 is 0.962 bits per heavy atom. The van der Waals surface area contributed by atoms with Crippen LogP contribution in [0.5, 0.6) is 0 Å². The van der Waals surface area contributed by atoms with Gasteiger partial charge in [0, 0.05) is 31.9 Å². The highest BCUT2D eigenvalue weighted by molar-refractivity contribution is 6.00. The molecule has 0 saturated carbocycles. The average Bonchev–Trinajstić information content (AvgIpc) is 3.34. The van der Waals surface area contributed by atoms with Crippen LogP contribution in [0.1, 0.15) is 48.9 Å². The predicted octanol–water partition coefficient (Wildman–Crippen LogP) is 2.35. The summed E-state index contributed by atoms with van der Waals surface area (Å²) in [7, 11) is 0. The molecule has 3 saturated heterocycles. The van der Waals surface area contributed by atoms with Crippen LogP contribution in [0.2, 0.25) is 0 Å². The van der Waals surface area contributed by atoms with E-state index < -0.39 is 5.60 Å². The number of anilines is 1. The Balaban J connectivity index is 1.49. The lowest BCUT2D eigenvalue weighted by Crippen LogP contribution is -2.55. The number of benzene rings is 1. The van der Waals surface area contributed by atoms with Crippen molar-refractivity contribution in [3.05, 3.63) is 29.8 Å². The van der Waals surface area contributed by atoms with E-state index in [-0.39, 0.29) is 5.91 Å². The number of β-amino-alcohol motifs (C(OH)–C–C–N with tert-alkyl or cyclic N) is 1. The molecule has 0 spiro atoms. The summed E-state index contributed by atoms with van der Waals surface area (Å²) in [6.07, 6.45) is 6.51. The van der Waals surface area contributed by atoms with Crippen LogP contribution in [-0.4, -0.2) is 72.2 Å². The van der Waals surface area contributed by atoms with Crippen molar-refractivity contribution in [3.63, 3.8) is 0 Å². The zero-order chi connectivity index (χ0) is 18.0. The third kappa shape index (κ3) is 3.74. The predicted molar refractivity (Wildman–Crippen MR) is 104 cm³/mol. The maximum atomic E-state index is 13.3. The summed E-state index contributed by atoms with van der Waals surface area (Å²) in [6, 6.07) is 7.99. The number of piperidine rings is 1. The van der Waals surface area contributed by atoms with Crippen LogP contribution in [0, 0.1) is 0 Å². The molecule has 1 amide bonds. The Hall–Kier alpha value is -1.59. The lowest BCUT2D eigenvalue weighted by molar-refractivity contribution is -0.0430. The lowest BCUT2D eigenvalue weighted by atomic mass is 9.91. The first kappa shape index (κ1) is 17.8. The smallest absolute Gasteiger partial charge is 0.256 e. The number of hydrogen-bond donors (Lipinski definition) is 1. The Morgan fingerprint density at radius 2 is 1.65 bits per heavy atom. The molecular formula is C21H31N3O2. The molecule has 3 heterocycles. The normalized spacial score (nSPS) is 27.3. The molecule has 0 unspecified atom stereocenters. The Labute approximate surface area is 156 Å². The first-order chi connectivity index (χ1) is 12.6. The van der Waals surface area contributed by atoms with Gasteiger partial charge in [-0.1, -0.05) is 12.1 Å². The number of aliphatic hydroxyl groups is 1. The van der Waals surface area contributed by atoms with Crippen LogP contribution >= 0.6 is 0 Å². The Bertz CT molecular complexity index is 638. The molecule has 5 heteroatoms. The van der Waals surface area contributed by atoms with E-state index in [9.17, 15) is 9.90 Å². The van der Waals surface area contributed by atoms with Crippen LogP contribution in [-0.2, 0) is 0 Å². The van der Waals surface area contributed by atoms with Crippen LogP contribution in [0.4, 0.5) is 5.69 Å². The zero-order valence-corrected chi connectivity index (χ0v) is 15.7. The second-order valence-corrected chi connectivity index (χ2v) is 8.25. The van der Waals surface area contributed by atoms with E-state index in [0.29, 0.717) is 13.1 Å². The highest BCUT2D eigenvalue weighted by atomic mass is 16.3. The van der Waals surface area contributed by atoms with Crippen LogP contribution < -0.4 is 4.90 Å². The molecule has 142 valence electrons. The molecule has 1 atom stereocenters. The summed E-state index contributed by atoms with van der Waals surface area (Å²) in [6.45, 7) is 6.12. The fourth-order valence-corrected chi connectivity index (χ4v) is 4.83. The third-order valence-electron chi connectivity index (χ3n) is 6.14. The number of hydrogen-bond acceptors (Lipinski definition) is 4. The number of amides is 1. The molecule has 0 radical (unpaired) electrons. The van der Waals surface area contributed by atoms with Crippen molar-refractivity contribution in [2.75, 3.05) is 50.7 Å². The van der Waals surface area contributed by atoms with Crippen molar-refractivity contribution in [1.29, 1.82) is 0 Å². The molecule has 5 nitrogen and oxygen atoms in total. The molecule has 3 aliphatic rings. The summed E-state index contributed by atoms with van der Waals surface area (Å²) < 4.78 is 0. The van der Waals surface area contributed by atoms with Crippen LogP contribution in [0.25, 0.3) is 0 Å². The van der Waals surface area contributed by atoms with Gasteiger partial charge in [0.1, 0.15) is 0 Å². The van der Waals surface area contributed by atoms with E-state index in [4.69, 9.17) is 0 Å². The highest BCUT2D eigenvalue weighted by Gasteiger charge is 2.38. The number of para-hydroxylation sites is 1. The SMILES string of the molecule is O=C(c1ccccc1N1CCCC1)N1CCC[C@@](O)(CN2CCCC2)C1. The molecule has 1 N–H and O–H groups in total. The Morgan fingerprint density at radius 3 is 2.42 bits per heavy atom. The Kier molecular flexibility index (Phi) is 5.18. The highest BCUT2D eigenvalue weighted by Crippen LogP contribution is 2.29. The van der Waals surface area contributed by atoms with Gasteiger partial charge in [-0.25, -0.2) is 0 Å². The molecule has 3 aliphatic heterocycles. The summed E-state index contributed by atoms with van der Waals surface area (Å²) in [5.74, 6) is 0.0760. The van der Waals surface area contributed by atoms with Crippen molar-refractivity contribution in [1.82, 2.24) is 9.80 Å². The van der Waals surface area contributed by atoms with E-state index in [1.165, 1.54) is 25.7 Å². The van der Waals surface area contributed by atoms with Crippen molar-refractivity contribution in [2.24, 2.45) is 0 Å². The number of likely N-dealkylation sites (tertiary alicyclic amines) is 2. The minimum atomic E-state index is -0.763. The van der Waals surface area contributed by atoms with Gasteiger partial charge < -0.3 is 19.8 Å². The van der Waals surface area contributed by atoms with E-state index in [2.05, 4.69) is 15.9 Å².